The summed E-state index contributed by atoms with van der Waals surface area (Å²) in [4.78, 5) is 16.1. The number of hydrogen-bond acceptors (Lipinski definition) is 4. The van der Waals surface area contributed by atoms with E-state index < -0.39 is 5.97 Å². The Kier molecular flexibility index (Phi) is 5.61. The number of aryl methyl sites for hydroxylation is 1. The zero-order valence-corrected chi connectivity index (χ0v) is 16.5. The van der Waals surface area contributed by atoms with E-state index in [4.69, 9.17) is 9.47 Å². The van der Waals surface area contributed by atoms with Gasteiger partial charge >= 0.3 is 5.97 Å². The first-order chi connectivity index (χ1) is 14.6. The van der Waals surface area contributed by atoms with Gasteiger partial charge in [0, 0.05) is 5.39 Å². The Hall–Kier alpha value is -3.86. The van der Waals surface area contributed by atoms with Gasteiger partial charge in [0.1, 0.15) is 30.3 Å². The van der Waals surface area contributed by atoms with Gasteiger partial charge in [-0.25, -0.2) is 9.78 Å². The number of aromatic carboxylic acids is 1. The fraction of sp³-hybridized carbons (Fsp3) is 0.120. The number of hydrogen-bond donors (Lipinski definition) is 1. The Morgan fingerprint density at radius 1 is 0.900 bits per heavy atom. The molecule has 1 heterocycles. The van der Waals surface area contributed by atoms with Crippen molar-refractivity contribution in [3.63, 3.8) is 0 Å². The number of para-hydroxylation sites is 1. The quantitative estimate of drug-likeness (QED) is 0.451. The highest BCUT2D eigenvalue weighted by Crippen LogP contribution is 2.24. The van der Waals surface area contributed by atoms with Crippen molar-refractivity contribution in [1.82, 2.24) is 4.98 Å². The molecule has 0 amide bonds. The molecule has 4 rings (SSSR count). The third kappa shape index (κ3) is 4.41. The maximum Gasteiger partial charge on any atom is 0.339 e. The van der Waals surface area contributed by atoms with Gasteiger partial charge in [-0.15, -0.1) is 0 Å². The first kappa shape index (κ1) is 19.5. The maximum absolute atomic E-state index is 11.5. The van der Waals surface area contributed by atoms with Crippen LogP contribution in [-0.2, 0) is 13.2 Å². The van der Waals surface area contributed by atoms with Crippen LogP contribution in [0.1, 0.15) is 27.2 Å². The van der Waals surface area contributed by atoms with Crippen LogP contribution in [-0.4, -0.2) is 16.1 Å². The van der Waals surface area contributed by atoms with Crippen LogP contribution < -0.4 is 9.47 Å². The summed E-state index contributed by atoms with van der Waals surface area (Å²) in [5, 5.41) is 10.5. The highest BCUT2D eigenvalue weighted by Gasteiger charge is 2.14. The number of nitrogens with zero attached hydrogens (tertiary/aromatic N) is 1. The van der Waals surface area contributed by atoms with Crippen LogP contribution in [0, 0.1) is 6.92 Å². The molecular formula is C25H21NO4. The zero-order valence-electron chi connectivity index (χ0n) is 16.5. The SMILES string of the molecule is Cc1cccc(OCc2cccc(OCc3ccc4ccccc4n3)c2)c1C(=O)O. The van der Waals surface area contributed by atoms with E-state index in [2.05, 4.69) is 4.98 Å². The highest BCUT2D eigenvalue weighted by atomic mass is 16.5. The van der Waals surface area contributed by atoms with E-state index in [1.807, 2.05) is 60.7 Å². The Morgan fingerprint density at radius 3 is 2.60 bits per heavy atom. The molecule has 30 heavy (non-hydrogen) atoms. The van der Waals surface area contributed by atoms with Crippen LogP contribution in [0.5, 0.6) is 11.5 Å². The number of aromatic nitrogens is 1. The molecule has 0 unspecified atom stereocenters. The van der Waals surface area contributed by atoms with Crippen molar-refractivity contribution in [3.8, 4) is 11.5 Å². The molecule has 0 radical (unpaired) electrons. The largest absolute Gasteiger partial charge is 0.488 e. The van der Waals surface area contributed by atoms with Crippen molar-refractivity contribution in [2.75, 3.05) is 0 Å². The molecule has 0 saturated heterocycles. The summed E-state index contributed by atoms with van der Waals surface area (Å²) >= 11 is 0. The maximum atomic E-state index is 11.5. The third-order valence-corrected chi connectivity index (χ3v) is 4.78. The van der Waals surface area contributed by atoms with Crippen molar-refractivity contribution in [2.45, 2.75) is 20.1 Å². The fourth-order valence-electron chi connectivity index (χ4n) is 3.27. The van der Waals surface area contributed by atoms with E-state index in [-0.39, 0.29) is 12.2 Å². The first-order valence-corrected chi connectivity index (χ1v) is 9.62. The number of carbonyl (C=O) groups is 1. The van der Waals surface area contributed by atoms with E-state index in [0.29, 0.717) is 23.7 Å². The predicted molar refractivity (Wildman–Crippen MR) is 115 cm³/mol. The van der Waals surface area contributed by atoms with Crippen LogP contribution >= 0.6 is 0 Å². The summed E-state index contributed by atoms with van der Waals surface area (Å²) in [5.41, 5.74) is 3.53. The van der Waals surface area contributed by atoms with Crippen LogP contribution in [0.25, 0.3) is 10.9 Å². The molecule has 150 valence electrons. The second-order valence-electron chi connectivity index (χ2n) is 6.97. The molecule has 0 atom stereocenters. The van der Waals surface area contributed by atoms with Crippen molar-refractivity contribution in [2.24, 2.45) is 0 Å². The van der Waals surface area contributed by atoms with Gasteiger partial charge in [-0.2, -0.15) is 0 Å². The van der Waals surface area contributed by atoms with Crippen molar-refractivity contribution < 1.29 is 19.4 Å². The summed E-state index contributed by atoms with van der Waals surface area (Å²) in [7, 11) is 0. The zero-order chi connectivity index (χ0) is 20.9. The fourth-order valence-corrected chi connectivity index (χ4v) is 3.27. The molecule has 0 aliphatic heterocycles. The molecule has 0 bridgehead atoms. The number of rotatable bonds is 7. The molecule has 3 aromatic carbocycles. The van der Waals surface area contributed by atoms with Gasteiger partial charge in [0.2, 0.25) is 0 Å². The lowest BCUT2D eigenvalue weighted by Gasteiger charge is -2.12. The van der Waals surface area contributed by atoms with Crippen LogP contribution in [0.15, 0.2) is 78.9 Å². The minimum atomic E-state index is -0.997. The summed E-state index contributed by atoms with van der Waals surface area (Å²) in [5.74, 6) is 0.0611. The molecule has 1 N–H and O–H groups in total. The molecule has 5 nitrogen and oxygen atoms in total. The van der Waals surface area contributed by atoms with Gasteiger partial charge in [-0.1, -0.05) is 48.5 Å². The lowest BCUT2D eigenvalue weighted by Crippen LogP contribution is -2.05. The average molecular weight is 399 g/mol. The minimum absolute atomic E-state index is 0.187. The topological polar surface area (TPSA) is 68.7 Å². The Morgan fingerprint density at radius 2 is 1.73 bits per heavy atom. The molecule has 1 aromatic heterocycles. The normalized spacial score (nSPS) is 10.7. The Labute approximate surface area is 174 Å². The smallest absolute Gasteiger partial charge is 0.339 e. The molecule has 4 aromatic rings. The molecule has 0 fully saturated rings. The minimum Gasteiger partial charge on any atom is -0.488 e. The first-order valence-electron chi connectivity index (χ1n) is 9.62. The molecule has 0 aliphatic rings. The summed E-state index contributed by atoms with van der Waals surface area (Å²) < 4.78 is 11.7. The van der Waals surface area contributed by atoms with Gasteiger partial charge in [-0.05, 0) is 48.4 Å². The van der Waals surface area contributed by atoms with E-state index in [1.165, 1.54) is 0 Å². The van der Waals surface area contributed by atoms with Crippen LogP contribution in [0.2, 0.25) is 0 Å². The lowest BCUT2D eigenvalue weighted by molar-refractivity contribution is 0.0691. The number of pyridine rings is 1. The van der Waals surface area contributed by atoms with Gasteiger partial charge < -0.3 is 14.6 Å². The van der Waals surface area contributed by atoms with Crippen molar-refractivity contribution in [1.29, 1.82) is 0 Å². The number of fused-ring (bicyclic) bond motifs is 1. The number of carboxylic acids is 1. The molecule has 0 aliphatic carbocycles. The van der Waals surface area contributed by atoms with E-state index >= 15 is 0 Å². The molecule has 0 saturated carbocycles. The Bertz CT molecular complexity index is 1200. The van der Waals surface area contributed by atoms with Gasteiger partial charge in [0.05, 0.1) is 11.2 Å². The monoisotopic (exact) mass is 399 g/mol. The number of carboxylic acid groups (broad SMARTS) is 1. The predicted octanol–water partition coefficient (Wildman–Crippen LogP) is 5.40. The molecule has 5 heteroatoms. The molecule has 0 spiro atoms. The van der Waals surface area contributed by atoms with E-state index in [0.717, 1.165) is 22.2 Å². The standard InChI is InChI=1S/C25H21NO4/c1-17-6-4-11-23(24(17)25(27)28)30-15-18-7-5-9-21(14-18)29-16-20-13-12-19-8-2-3-10-22(19)26-20/h2-14H,15-16H2,1H3,(H,27,28). The number of benzene rings is 3. The van der Waals surface area contributed by atoms with E-state index in [1.54, 1.807) is 25.1 Å². The summed E-state index contributed by atoms with van der Waals surface area (Å²) in [6.07, 6.45) is 0. The van der Waals surface area contributed by atoms with Gasteiger partial charge in [-0.3, -0.25) is 0 Å². The van der Waals surface area contributed by atoms with Crippen LogP contribution in [0.3, 0.4) is 0 Å². The number of ether oxygens (including phenoxy) is 2. The summed E-state index contributed by atoms with van der Waals surface area (Å²) in [6, 6.07) is 24.7. The summed E-state index contributed by atoms with van der Waals surface area (Å²) in [6.45, 7) is 2.36. The van der Waals surface area contributed by atoms with E-state index in [9.17, 15) is 9.90 Å². The Balaban J connectivity index is 1.43. The highest BCUT2D eigenvalue weighted by molar-refractivity contribution is 5.92. The third-order valence-electron chi connectivity index (χ3n) is 4.78. The van der Waals surface area contributed by atoms with Crippen LogP contribution in [0.4, 0.5) is 0 Å². The van der Waals surface area contributed by atoms with Crippen molar-refractivity contribution in [3.05, 3.63) is 101 Å². The van der Waals surface area contributed by atoms with Crippen molar-refractivity contribution >= 4 is 16.9 Å². The second-order valence-corrected chi connectivity index (χ2v) is 6.97. The second kappa shape index (κ2) is 8.66. The average Bonchev–Trinajstić information content (AvgIpc) is 2.76. The molecular weight excluding hydrogens is 378 g/mol. The van der Waals surface area contributed by atoms with Gasteiger partial charge in [0.15, 0.2) is 0 Å². The lowest BCUT2D eigenvalue weighted by atomic mass is 10.1. The van der Waals surface area contributed by atoms with Gasteiger partial charge in [0.25, 0.3) is 0 Å².